The smallest absolute Gasteiger partial charge is 0.0540 e. The Morgan fingerprint density at radius 2 is 0.683 bits per heavy atom. The lowest BCUT2D eigenvalue weighted by Crippen LogP contribution is -2.11. The molecule has 0 saturated carbocycles. The van der Waals surface area contributed by atoms with Crippen molar-refractivity contribution >= 4 is 38.6 Å². The Morgan fingerprint density at radius 1 is 0.206 bits per heavy atom. The van der Waals surface area contributed by atoms with Crippen LogP contribution >= 0.6 is 0 Å². The molecule has 0 fully saturated rings. The summed E-state index contributed by atoms with van der Waals surface area (Å²) in [6, 6.07) is 94.7. The van der Waals surface area contributed by atoms with Gasteiger partial charge in [0.25, 0.3) is 0 Å². The van der Waals surface area contributed by atoms with Gasteiger partial charge in [-0.1, -0.05) is 224 Å². The van der Waals surface area contributed by atoms with Crippen LogP contribution in [-0.2, 0) is 0 Å². The third-order valence-corrected chi connectivity index (χ3v) is 12.3. The molecule has 296 valence electrons. The number of anilines is 3. The first-order valence-electron chi connectivity index (χ1n) is 21.7. The van der Waals surface area contributed by atoms with Crippen molar-refractivity contribution in [3.63, 3.8) is 0 Å². The van der Waals surface area contributed by atoms with E-state index in [1.54, 1.807) is 0 Å². The van der Waals surface area contributed by atoms with Crippen molar-refractivity contribution in [2.45, 2.75) is 0 Å². The fraction of sp³-hybridized carbons (Fsp3) is 0. The standard InChI is InChI=1S/C62H43N/c1-2-16-44(17-3-1)46-32-35-49(36-33-46)56-25-8-9-26-58(56)59-27-10-11-28-60(59)61-29-12-13-31-62(61)63(53-40-38-47(39-41-53)51-37-34-45-18-4-5-20-50(45)42-51)54-23-14-22-52(43-54)57-30-15-21-48-19-6-7-24-55(48)57/h1-43H. The van der Waals surface area contributed by atoms with Crippen molar-refractivity contribution in [2.24, 2.45) is 0 Å². The van der Waals surface area contributed by atoms with Crippen LogP contribution in [0.25, 0.3) is 88.3 Å². The summed E-state index contributed by atoms with van der Waals surface area (Å²) in [6.07, 6.45) is 0. The Labute approximate surface area is 369 Å². The molecule has 1 heteroatoms. The molecule has 0 aliphatic rings. The van der Waals surface area contributed by atoms with Crippen LogP contribution < -0.4 is 4.90 Å². The summed E-state index contributed by atoms with van der Waals surface area (Å²) in [7, 11) is 0. The molecule has 0 radical (unpaired) electrons. The second kappa shape index (κ2) is 16.7. The number of para-hydroxylation sites is 1. The average molecular weight is 802 g/mol. The molecule has 0 atom stereocenters. The van der Waals surface area contributed by atoms with Crippen LogP contribution in [0.4, 0.5) is 17.1 Å². The van der Waals surface area contributed by atoms with Crippen molar-refractivity contribution in [3.8, 4) is 66.8 Å². The summed E-state index contributed by atoms with van der Waals surface area (Å²) in [4.78, 5) is 2.43. The highest BCUT2D eigenvalue weighted by Crippen LogP contribution is 2.46. The van der Waals surface area contributed by atoms with Gasteiger partial charge in [-0.2, -0.15) is 0 Å². The molecule has 0 heterocycles. The zero-order valence-electron chi connectivity index (χ0n) is 34.8. The van der Waals surface area contributed by atoms with Crippen LogP contribution in [0.1, 0.15) is 0 Å². The zero-order valence-corrected chi connectivity index (χ0v) is 34.8. The van der Waals surface area contributed by atoms with Gasteiger partial charge in [0.15, 0.2) is 0 Å². The highest BCUT2D eigenvalue weighted by molar-refractivity contribution is 6.00. The third-order valence-electron chi connectivity index (χ3n) is 12.3. The fourth-order valence-electron chi connectivity index (χ4n) is 9.18. The summed E-state index contributed by atoms with van der Waals surface area (Å²) in [5, 5.41) is 4.96. The summed E-state index contributed by atoms with van der Waals surface area (Å²) in [5.74, 6) is 0. The van der Waals surface area contributed by atoms with Crippen LogP contribution in [-0.4, -0.2) is 0 Å². The van der Waals surface area contributed by atoms with Gasteiger partial charge in [0.2, 0.25) is 0 Å². The van der Waals surface area contributed by atoms with Crippen LogP contribution in [0.15, 0.2) is 261 Å². The lowest BCUT2D eigenvalue weighted by atomic mass is 9.88. The maximum atomic E-state index is 2.43. The number of benzene rings is 11. The number of hydrogen-bond donors (Lipinski definition) is 0. The Kier molecular flexibility index (Phi) is 9.97. The van der Waals surface area contributed by atoms with Crippen molar-refractivity contribution in [2.75, 3.05) is 4.90 Å². The van der Waals surface area contributed by atoms with E-state index in [0.717, 1.165) is 22.6 Å². The number of hydrogen-bond acceptors (Lipinski definition) is 1. The van der Waals surface area contributed by atoms with E-state index in [-0.39, 0.29) is 0 Å². The van der Waals surface area contributed by atoms with Gasteiger partial charge in [0.1, 0.15) is 0 Å². The molecule has 11 rings (SSSR count). The zero-order chi connectivity index (χ0) is 42.0. The highest BCUT2D eigenvalue weighted by atomic mass is 15.1. The highest BCUT2D eigenvalue weighted by Gasteiger charge is 2.21. The molecule has 0 amide bonds. The van der Waals surface area contributed by atoms with Gasteiger partial charge in [-0.05, 0) is 119 Å². The minimum Gasteiger partial charge on any atom is -0.310 e. The quantitative estimate of drug-likeness (QED) is 0.141. The molecule has 63 heavy (non-hydrogen) atoms. The minimum absolute atomic E-state index is 1.08. The van der Waals surface area contributed by atoms with Crippen LogP contribution in [0, 0.1) is 0 Å². The predicted molar refractivity (Wildman–Crippen MR) is 269 cm³/mol. The van der Waals surface area contributed by atoms with E-state index < -0.39 is 0 Å². The van der Waals surface area contributed by atoms with E-state index in [9.17, 15) is 0 Å². The summed E-state index contributed by atoms with van der Waals surface area (Å²) in [6.45, 7) is 0. The van der Waals surface area contributed by atoms with Crippen molar-refractivity contribution in [1.29, 1.82) is 0 Å². The molecular weight excluding hydrogens is 759 g/mol. The molecule has 11 aromatic carbocycles. The second-order valence-corrected chi connectivity index (χ2v) is 16.1. The lowest BCUT2D eigenvalue weighted by Gasteiger charge is -2.29. The van der Waals surface area contributed by atoms with E-state index in [2.05, 4.69) is 266 Å². The molecule has 0 aliphatic heterocycles. The molecule has 0 aromatic heterocycles. The van der Waals surface area contributed by atoms with E-state index in [4.69, 9.17) is 0 Å². The van der Waals surface area contributed by atoms with E-state index in [0.29, 0.717) is 0 Å². The van der Waals surface area contributed by atoms with Crippen molar-refractivity contribution in [3.05, 3.63) is 261 Å². The molecular formula is C62H43N. The Hall–Kier alpha value is -8.26. The molecule has 0 saturated heterocycles. The minimum atomic E-state index is 1.08. The summed E-state index contributed by atoms with van der Waals surface area (Å²) >= 11 is 0. The van der Waals surface area contributed by atoms with Gasteiger partial charge in [0.05, 0.1) is 5.69 Å². The van der Waals surface area contributed by atoms with Gasteiger partial charge >= 0.3 is 0 Å². The van der Waals surface area contributed by atoms with Crippen molar-refractivity contribution in [1.82, 2.24) is 0 Å². The number of nitrogens with zero attached hydrogens (tertiary/aromatic N) is 1. The van der Waals surface area contributed by atoms with E-state index in [1.807, 2.05) is 0 Å². The molecule has 0 aliphatic carbocycles. The van der Waals surface area contributed by atoms with Gasteiger partial charge in [-0.15, -0.1) is 0 Å². The van der Waals surface area contributed by atoms with Gasteiger partial charge in [0, 0.05) is 16.9 Å². The van der Waals surface area contributed by atoms with Gasteiger partial charge in [-0.25, -0.2) is 0 Å². The second-order valence-electron chi connectivity index (χ2n) is 16.1. The molecule has 0 spiro atoms. The normalized spacial score (nSPS) is 11.2. The Balaban J connectivity index is 1.05. The summed E-state index contributed by atoms with van der Waals surface area (Å²) < 4.78 is 0. The third kappa shape index (κ3) is 7.37. The first kappa shape index (κ1) is 37.7. The van der Waals surface area contributed by atoms with Gasteiger partial charge < -0.3 is 4.90 Å². The monoisotopic (exact) mass is 801 g/mol. The average Bonchev–Trinajstić information content (AvgIpc) is 3.37. The van der Waals surface area contributed by atoms with Gasteiger partial charge in [-0.3, -0.25) is 0 Å². The van der Waals surface area contributed by atoms with E-state index >= 15 is 0 Å². The fourth-order valence-corrected chi connectivity index (χ4v) is 9.18. The lowest BCUT2D eigenvalue weighted by molar-refractivity contribution is 1.28. The Bertz CT molecular complexity index is 3380. The SMILES string of the molecule is c1ccc(-c2ccc(-c3ccccc3-c3ccccc3-c3ccccc3N(c3ccc(-c4ccc5ccccc5c4)cc3)c3cccc(-c4cccc5ccccc45)c3)cc2)cc1. The Morgan fingerprint density at radius 3 is 1.46 bits per heavy atom. The number of rotatable bonds is 9. The number of fused-ring (bicyclic) bond motifs is 2. The van der Waals surface area contributed by atoms with Crippen LogP contribution in [0.5, 0.6) is 0 Å². The maximum absolute atomic E-state index is 2.43. The first-order valence-corrected chi connectivity index (χ1v) is 21.7. The maximum Gasteiger partial charge on any atom is 0.0540 e. The van der Waals surface area contributed by atoms with Crippen molar-refractivity contribution < 1.29 is 0 Å². The molecule has 0 bridgehead atoms. The largest absolute Gasteiger partial charge is 0.310 e. The summed E-state index contributed by atoms with van der Waals surface area (Å²) in [5.41, 5.74) is 17.6. The topological polar surface area (TPSA) is 3.24 Å². The molecule has 11 aromatic rings. The van der Waals surface area contributed by atoms with Crippen LogP contribution in [0.3, 0.4) is 0 Å². The molecule has 0 N–H and O–H groups in total. The van der Waals surface area contributed by atoms with E-state index in [1.165, 1.54) is 82.7 Å². The molecule has 1 nitrogen and oxygen atoms in total. The molecule has 0 unspecified atom stereocenters. The van der Waals surface area contributed by atoms with Crippen LogP contribution in [0.2, 0.25) is 0 Å². The predicted octanol–water partition coefficient (Wildman–Crippen LogP) is 17.5. The first-order chi connectivity index (χ1) is 31.2.